The number of urea groups is 1. The van der Waals surface area contributed by atoms with Crippen molar-refractivity contribution < 1.29 is 23.7 Å². The van der Waals surface area contributed by atoms with Crippen molar-refractivity contribution in [2.45, 2.75) is 39.8 Å². The van der Waals surface area contributed by atoms with Gasteiger partial charge in [-0.2, -0.15) is 0 Å². The quantitative estimate of drug-likeness (QED) is 0.584. The first-order valence-corrected chi connectivity index (χ1v) is 8.20. The van der Waals surface area contributed by atoms with Crippen molar-refractivity contribution >= 4 is 29.7 Å². The summed E-state index contributed by atoms with van der Waals surface area (Å²) < 4.78 is 8.70. The summed E-state index contributed by atoms with van der Waals surface area (Å²) in [5, 5.41) is 0. The lowest BCUT2D eigenvalue weighted by Crippen LogP contribution is -2.56. The Morgan fingerprint density at radius 3 is 2.56 bits per heavy atom. The smallest absolute Gasteiger partial charge is 0.402 e. The van der Waals surface area contributed by atoms with Crippen LogP contribution in [0.1, 0.15) is 30.8 Å². The van der Waals surface area contributed by atoms with Gasteiger partial charge in [-0.05, 0) is 20.8 Å². The first-order chi connectivity index (χ1) is 11.8. The number of amidine groups is 1. The minimum Gasteiger partial charge on any atom is -0.466 e. The van der Waals surface area contributed by atoms with Gasteiger partial charge in [-0.15, -0.1) is 0 Å². The fourth-order valence-corrected chi connectivity index (χ4v) is 3.29. The summed E-state index contributed by atoms with van der Waals surface area (Å²) in [6.07, 6.45) is 0.216. The number of hydrogen-bond donors (Lipinski definition) is 0. The molecular weight excluding hydrogens is 326 g/mol. The molecule has 1 atom stereocenters. The van der Waals surface area contributed by atoms with E-state index in [4.69, 9.17) is 4.74 Å². The van der Waals surface area contributed by atoms with E-state index in [-0.39, 0.29) is 18.3 Å². The van der Waals surface area contributed by atoms with Crippen molar-refractivity contribution in [1.82, 2.24) is 14.4 Å². The lowest BCUT2D eigenvalue weighted by Gasteiger charge is -2.30. The fraction of sp³-hybridized carbons (Fsp3) is 0.562. The molecule has 1 aromatic heterocycles. The van der Waals surface area contributed by atoms with Crippen LogP contribution in [0.2, 0.25) is 0 Å². The Kier molecular flexibility index (Phi) is 4.09. The van der Waals surface area contributed by atoms with Crippen LogP contribution in [0.15, 0.2) is 4.99 Å². The van der Waals surface area contributed by atoms with Crippen LogP contribution < -0.4 is 4.57 Å². The lowest BCUT2D eigenvalue weighted by atomic mass is 10.1. The topological polar surface area (TPSA) is 88.1 Å². The molecule has 0 N–H and O–H groups in total. The third kappa shape index (κ3) is 2.41. The van der Waals surface area contributed by atoms with Gasteiger partial charge in [0.05, 0.1) is 19.6 Å². The Morgan fingerprint density at radius 2 is 1.92 bits per heavy atom. The lowest BCUT2D eigenvalue weighted by molar-refractivity contribution is -0.688. The van der Waals surface area contributed by atoms with E-state index in [0.29, 0.717) is 24.9 Å². The van der Waals surface area contributed by atoms with Gasteiger partial charge in [-0.25, -0.2) is 13.9 Å². The number of hydrogen-bond acceptors (Lipinski definition) is 5. The third-order valence-electron chi connectivity index (χ3n) is 4.79. The van der Waals surface area contributed by atoms with E-state index in [9.17, 15) is 14.4 Å². The number of carbonyl (C=O) groups excluding carboxylic acids is 3. The number of esters is 1. The van der Waals surface area contributed by atoms with Gasteiger partial charge in [0.25, 0.3) is 5.91 Å². The molecule has 9 heteroatoms. The zero-order valence-corrected chi connectivity index (χ0v) is 15.1. The van der Waals surface area contributed by atoms with Crippen molar-refractivity contribution in [2.24, 2.45) is 4.99 Å². The molecule has 2 aliphatic heterocycles. The molecule has 3 rings (SSSR count). The van der Waals surface area contributed by atoms with Gasteiger partial charge in [0, 0.05) is 14.1 Å². The van der Waals surface area contributed by atoms with E-state index in [1.165, 1.54) is 11.9 Å². The second-order valence-electron chi connectivity index (χ2n) is 6.16. The molecule has 1 fully saturated rings. The molecule has 9 nitrogen and oxygen atoms in total. The predicted molar refractivity (Wildman–Crippen MR) is 87.4 cm³/mol. The standard InChI is InChI=1S/C16H22N5O4/c1-6-25-11(22)7-8-20-9(2)10(3)21-12-13(17-15(20)21)18(4)16(24)19(5)14(12)23/h12H,6-8H2,1-5H3/q+1. The number of amides is 3. The van der Waals surface area contributed by atoms with E-state index >= 15 is 0 Å². The van der Waals surface area contributed by atoms with Crippen molar-refractivity contribution in [3.63, 3.8) is 0 Å². The van der Waals surface area contributed by atoms with Crippen LogP contribution in [0, 0.1) is 13.8 Å². The molecule has 0 radical (unpaired) electrons. The Morgan fingerprint density at radius 1 is 1.24 bits per heavy atom. The highest BCUT2D eigenvalue weighted by Crippen LogP contribution is 2.34. The summed E-state index contributed by atoms with van der Waals surface area (Å²) in [6, 6.07) is -1.05. The number of imidazole rings is 1. The summed E-state index contributed by atoms with van der Waals surface area (Å²) in [5.74, 6) is 0.396. The normalized spacial score (nSPS) is 19.1. The number of fused-ring (bicyclic) bond motifs is 3. The van der Waals surface area contributed by atoms with E-state index in [2.05, 4.69) is 4.99 Å². The van der Waals surface area contributed by atoms with Crippen LogP contribution in [-0.4, -0.2) is 58.8 Å². The molecule has 3 amide bonds. The van der Waals surface area contributed by atoms with Crippen molar-refractivity contribution in [3.05, 3.63) is 11.4 Å². The zero-order valence-electron chi connectivity index (χ0n) is 15.1. The molecule has 0 spiro atoms. The molecule has 134 valence electrons. The molecule has 0 saturated carbocycles. The van der Waals surface area contributed by atoms with Crippen molar-refractivity contribution in [1.29, 1.82) is 0 Å². The monoisotopic (exact) mass is 348 g/mol. The van der Waals surface area contributed by atoms with Gasteiger partial charge in [0.15, 0.2) is 0 Å². The maximum atomic E-state index is 12.6. The second-order valence-corrected chi connectivity index (χ2v) is 6.16. The van der Waals surface area contributed by atoms with Gasteiger partial charge in [0.2, 0.25) is 11.9 Å². The molecule has 2 aliphatic rings. The number of rotatable bonds is 4. The number of carbonyl (C=O) groups is 3. The number of ether oxygens (including phenoxy) is 1. The average Bonchev–Trinajstić information content (AvgIpc) is 3.07. The fourth-order valence-electron chi connectivity index (χ4n) is 3.29. The second kappa shape index (κ2) is 5.98. The Balaban J connectivity index is 2.01. The highest BCUT2D eigenvalue weighted by molar-refractivity contribution is 6.20. The summed E-state index contributed by atoms with van der Waals surface area (Å²) >= 11 is 0. The molecule has 0 aliphatic carbocycles. The maximum Gasteiger partial charge on any atom is 0.402 e. The molecule has 1 saturated heterocycles. The highest BCUT2D eigenvalue weighted by atomic mass is 16.5. The van der Waals surface area contributed by atoms with Gasteiger partial charge >= 0.3 is 17.9 Å². The van der Waals surface area contributed by atoms with E-state index in [1.807, 2.05) is 23.0 Å². The summed E-state index contributed by atoms with van der Waals surface area (Å²) in [5.41, 5.74) is 1.81. The Hall–Kier alpha value is -2.71. The van der Waals surface area contributed by atoms with Gasteiger partial charge in [-0.1, -0.05) is 4.99 Å². The number of imide groups is 1. The molecule has 1 unspecified atom stereocenters. The summed E-state index contributed by atoms with van der Waals surface area (Å²) in [4.78, 5) is 43.5. The van der Waals surface area contributed by atoms with Crippen LogP contribution in [0.4, 0.5) is 10.7 Å². The molecule has 0 aromatic carbocycles. The van der Waals surface area contributed by atoms with Gasteiger partial charge in [-0.3, -0.25) is 19.4 Å². The molecule has 25 heavy (non-hydrogen) atoms. The minimum atomic E-state index is -0.648. The van der Waals surface area contributed by atoms with Gasteiger partial charge in [0.1, 0.15) is 11.4 Å². The third-order valence-corrected chi connectivity index (χ3v) is 4.79. The average molecular weight is 348 g/mol. The number of aromatic nitrogens is 2. The minimum absolute atomic E-state index is 0.216. The first-order valence-electron chi connectivity index (χ1n) is 8.20. The summed E-state index contributed by atoms with van der Waals surface area (Å²) in [6.45, 7) is 6.34. The predicted octanol–water partition coefficient (Wildman–Crippen LogP) is 0.454. The zero-order chi connectivity index (χ0) is 18.5. The number of nitrogens with zero attached hydrogens (tertiary/aromatic N) is 5. The molecule has 3 heterocycles. The molecule has 1 aromatic rings. The number of aliphatic imine (C=N–C) groups is 1. The van der Waals surface area contributed by atoms with Crippen LogP contribution in [-0.2, 0) is 20.9 Å². The van der Waals surface area contributed by atoms with Crippen molar-refractivity contribution in [2.75, 3.05) is 20.7 Å². The van der Waals surface area contributed by atoms with E-state index in [1.54, 1.807) is 14.0 Å². The highest BCUT2D eigenvalue weighted by Gasteiger charge is 2.53. The first kappa shape index (κ1) is 17.1. The van der Waals surface area contributed by atoms with Crippen LogP contribution in [0.5, 0.6) is 0 Å². The van der Waals surface area contributed by atoms with E-state index in [0.717, 1.165) is 16.3 Å². The van der Waals surface area contributed by atoms with E-state index < -0.39 is 12.1 Å². The maximum absolute atomic E-state index is 12.6. The van der Waals surface area contributed by atoms with Crippen LogP contribution in [0.25, 0.3) is 0 Å². The van der Waals surface area contributed by atoms with Crippen LogP contribution >= 0.6 is 0 Å². The largest absolute Gasteiger partial charge is 0.466 e. The van der Waals surface area contributed by atoms with Crippen LogP contribution in [0.3, 0.4) is 0 Å². The van der Waals surface area contributed by atoms with Gasteiger partial charge < -0.3 is 4.74 Å². The number of likely N-dealkylation sites (N-methyl/N-ethyl adjacent to an activating group) is 2. The molecular formula is C16H22N5O4+. The Bertz CT molecular complexity index is 810. The van der Waals surface area contributed by atoms with Crippen molar-refractivity contribution in [3.8, 4) is 0 Å². The Labute approximate surface area is 145 Å². The SMILES string of the molecule is CCOC(=O)CC[n+]1c(C)c(C)n2c1N=C1C2C(=O)N(C)C(=O)N1C. The molecule has 0 bridgehead atoms. The summed E-state index contributed by atoms with van der Waals surface area (Å²) in [7, 11) is 3.07.